The number of aliphatic carboxylic acids is 1. The summed E-state index contributed by atoms with van der Waals surface area (Å²) in [5.41, 5.74) is 1.48. The molecule has 0 bridgehead atoms. The number of aromatic nitrogens is 1. The van der Waals surface area contributed by atoms with Crippen molar-refractivity contribution in [3.05, 3.63) is 35.3 Å². The van der Waals surface area contributed by atoms with E-state index in [1.807, 2.05) is 0 Å². The average molecular weight is 264 g/mol. The van der Waals surface area contributed by atoms with Crippen molar-refractivity contribution in [2.75, 3.05) is 13.6 Å². The number of nitrogens with one attached hydrogen (secondary N) is 1. The van der Waals surface area contributed by atoms with Crippen LogP contribution in [0, 0.1) is 12.7 Å². The standard InChI is InChI=1S/C13H13FN2O3/c1-7-12(13(19)16(2)6-11(17)18)9-4-3-8(14)5-10(9)15-7/h3-5,15H,6H2,1-2H3,(H,17,18). The van der Waals surface area contributed by atoms with Gasteiger partial charge in [0.1, 0.15) is 12.4 Å². The summed E-state index contributed by atoms with van der Waals surface area (Å²) in [6, 6.07) is 4.08. The molecule has 0 saturated heterocycles. The maximum atomic E-state index is 13.1. The smallest absolute Gasteiger partial charge is 0.323 e. The largest absolute Gasteiger partial charge is 0.480 e. The van der Waals surface area contributed by atoms with Gasteiger partial charge in [0.15, 0.2) is 0 Å². The Morgan fingerprint density at radius 2 is 2.11 bits per heavy atom. The van der Waals surface area contributed by atoms with Crippen molar-refractivity contribution in [3.63, 3.8) is 0 Å². The van der Waals surface area contributed by atoms with Gasteiger partial charge in [-0.25, -0.2) is 4.39 Å². The lowest BCUT2D eigenvalue weighted by Crippen LogP contribution is -2.32. The summed E-state index contributed by atoms with van der Waals surface area (Å²) in [6.07, 6.45) is 0. The maximum absolute atomic E-state index is 13.1. The number of aryl methyl sites for hydroxylation is 1. The van der Waals surface area contributed by atoms with Gasteiger partial charge in [0.05, 0.1) is 5.56 Å². The van der Waals surface area contributed by atoms with Gasteiger partial charge >= 0.3 is 5.97 Å². The summed E-state index contributed by atoms with van der Waals surface area (Å²) in [5, 5.41) is 9.28. The molecule has 2 N–H and O–H groups in total. The molecule has 19 heavy (non-hydrogen) atoms. The summed E-state index contributed by atoms with van der Waals surface area (Å²) >= 11 is 0. The van der Waals surface area contributed by atoms with E-state index in [1.165, 1.54) is 25.2 Å². The number of hydrogen-bond acceptors (Lipinski definition) is 2. The Balaban J connectivity index is 2.47. The summed E-state index contributed by atoms with van der Waals surface area (Å²) in [7, 11) is 1.41. The van der Waals surface area contributed by atoms with Crippen molar-refractivity contribution in [2.45, 2.75) is 6.92 Å². The normalized spacial score (nSPS) is 10.7. The van der Waals surface area contributed by atoms with Gasteiger partial charge in [0, 0.05) is 23.6 Å². The summed E-state index contributed by atoms with van der Waals surface area (Å²) in [6.45, 7) is 1.31. The minimum atomic E-state index is -1.08. The molecule has 1 heterocycles. The maximum Gasteiger partial charge on any atom is 0.323 e. The predicted octanol–water partition coefficient (Wildman–Crippen LogP) is 1.77. The minimum Gasteiger partial charge on any atom is -0.480 e. The van der Waals surface area contributed by atoms with Crippen LogP contribution in [0.1, 0.15) is 16.1 Å². The molecule has 0 spiro atoms. The lowest BCUT2D eigenvalue weighted by Gasteiger charge is -2.14. The molecule has 5 nitrogen and oxygen atoms in total. The van der Waals surface area contributed by atoms with Gasteiger partial charge < -0.3 is 15.0 Å². The number of fused-ring (bicyclic) bond motifs is 1. The zero-order chi connectivity index (χ0) is 14.2. The Bertz CT molecular complexity index is 663. The van der Waals surface area contributed by atoms with Crippen LogP contribution < -0.4 is 0 Å². The number of nitrogens with zero attached hydrogens (tertiary/aromatic N) is 1. The number of aromatic amines is 1. The molecule has 1 amide bonds. The van der Waals surface area contributed by atoms with E-state index in [1.54, 1.807) is 6.92 Å². The van der Waals surface area contributed by atoms with Crippen LogP contribution in [0.3, 0.4) is 0 Å². The Morgan fingerprint density at radius 3 is 2.74 bits per heavy atom. The molecule has 1 aromatic heterocycles. The molecule has 100 valence electrons. The van der Waals surface area contributed by atoms with Crippen molar-refractivity contribution < 1.29 is 19.1 Å². The SMILES string of the molecule is Cc1[nH]c2cc(F)ccc2c1C(=O)N(C)CC(=O)O. The third-order valence-corrected chi connectivity index (χ3v) is 2.88. The molecule has 0 saturated carbocycles. The average Bonchev–Trinajstić information content (AvgIpc) is 2.62. The third kappa shape index (κ3) is 2.42. The van der Waals surface area contributed by atoms with E-state index in [0.717, 1.165) is 4.90 Å². The van der Waals surface area contributed by atoms with Gasteiger partial charge in [-0.15, -0.1) is 0 Å². The number of benzene rings is 1. The molecule has 0 aliphatic rings. The van der Waals surface area contributed by atoms with E-state index in [0.29, 0.717) is 22.2 Å². The van der Waals surface area contributed by atoms with Crippen LogP contribution in [0.25, 0.3) is 10.9 Å². The van der Waals surface area contributed by atoms with Crippen molar-refractivity contribution in [3.8, 4) is 0 Å². The Hall–Kier alpha value is -2.37. The second-order valence-electron chi connectivity index (χ2n) is 4.37. The van der Waals surface area contributed by atoms with Crippen LogP contribution in [-0.4, -0.2) is 40.5 Å². The third-order valence-electron chi connectivity index (χ3n) is 2.88. The molecule has 1 aromatic carbocycles. The van der Waals surface area contributed by atoms with Crippen LogP contribution in [0.4, 0.5) is 4.39 Å². The van der Waals surface area contributed by atoms with Gasteiger partial charge in [0.25, 0.3) is 5.91 Å². The second-order valence-corrected chi connectivity index (χ2v) is 4.37. The highest BCUT2D eigenvalue weighted by Crippen LogP contribution is 2.24. The van der Waals surface area contributed by atoms with Crippen LogP contribution >= 0.6 is 0 Å². The Kier molecular flexibility index (Phi) is 3.25. The van der Waals surface area contributed by atoms with Gasteiger partial charge in [-0.2, -0.15) is 0 Å². The van der Waals surface area contributed by atoms with Crippen molar-refractivity contribution in [1.82, 2.24) is 9.88 Å². The molecule has 2 rings (SSSR count). The number of likely N-dealkylation sites (N-methyl/N-ethyl adjacent to an activating group) is 1. The highest BCUT2D eigenvalue weighted by molar-refractivity contribution is 6.08. The first-order valence-electron chi connectivity index (χ1n) is 5.65. The van der Waals surface area contributed by atoms with E-state index in [4.69, 9.17) is 5.11 Å². The first-order valence-corrected chi connectivity index (χ1v) is 5.65. The fraction of sp³-hybridized carbons (Fsp3) is 0.231. The van der Waals surface area contributed by atoms with Crippen LogP contribution in [0.5, 0.6) is 0 Å². The number of rotatable bonds is 3. The number of carboxylic acids is 1. The van der Waals surface area contributed by atoms with E-state index in [2.05, 4.69) is 4.98 Å². The van der Waals surface area contributed by atoms with E-state index in [-0.39, 0.29) is 6.54 Å². The molecule has 0 unspecified atom stereocenters. The summed E-state index contributed by atoms with van der Waals surface area (Å²) in [4.78, 5) is 26.9. The number of hydrogen-bond donors (Lipinski definition) is 2. The monoisotopic (exact) mass is 264 g/mol. The number of carboxylic acid groups (broad SMARTS) is 1. The lowest BCUT2D eigenvalue weighted by molar-refractivity contribution is -0.137. The molecule has 6 heteroatoms. The van der Waals surface area contributed by atoms with Crippen molar-refractivity contribution in [2.24, 2.45) is 0 Å². The number of carbonyl (C=O) groups excluding carboxylic acids is 1. The van der Waals surface area contributed by atoms with Gasteiger partial charge in [-0.05, 0) is 25.1 Å². The zero-order valence-electron chi connectivity index (χ0n) is 10.5. The van der Waals surface area contributed by atoms with E-state index >= 15 is 0 Å². The predicted molar refractivity (Wildman–Crippen MR) is 67.6 cm³/mol. The first-order chi connectivity index (χ1) is 8.90. The molecule has 0 aliphatic carbocycles. The Morgan fingerprint density at radius 1 is 1.42 bits per heavy atom. The molecular weight excluding hydrogens is 251 g/mol. The molecule has 0 fully saturated rings. The number of H-pyrrole nitrogens is 1. The van der Waals surface area contributed by atoms with Crippen molar-refractivity contribution in [1.29, 1.82) is 0 Å². The van der Waals surface area contributed by atoms with E-state index in [9.17, 15) is 14.0 Å². The highest BCUT2D eigenvalue weighted by atomic mass is 19.1. The fourth-order valence-electron chi connectivity index (χ4n) is 2.05. The van der Waals surface area contributed by atoms with Gasteiger partial charge in [0.2, 0.25) is 0 Å². The quantitative estimate of drug-likeness (QED) is 0.887. The fourth-order valence-corrected chi connectivity index (χ4v) is 2.05. The molecular formula is C13H13FN2O3. The van der Waals surface area contributed by atoms with Crippen LogP contribution in [-0.2, 0) is 4.79 Å². The molecule has 0 atom stereocenters. The second kappa shape index (κ2) is 4.72. The Labute approximate surface area is 108 Å². The summed E-state index contributed by atoms with van der Waals surface area (Å²) < 4.78 is 13.1. The zero-order valence-corrected chi connectivity index (χ0v) is 10.5. The molecule has 0 radical (unpaired) electrons. The number of halogens is 1. The topological polar surface area (TPSA) is 73.4 Å². The minimum absolute atomic E-state index is 0.374. The molecule has 2 aromatic rings. The first kappa shape index (κ1) is 13.1. The highest BCUT2D eigenvalue weighted by Gasteiger charge is 2.21. The lowest BCUT2D eigenvalue weighted by atomic mass is 10.1. The van der Waals surface area contributed by atoms with Crippen LogP contribution in [0.15, 0.2) is 18.2 Å². The number of amides is 1. The van der Waals surface area contributed by atoms with Crippen molar-refractivity contribution >= 4 is 22.8 Å². The van der Waals surface area contributed by atoms with E-state index < -0.39 is 17.7 Å². The van der Waals surface area contributed by atoms with Gasteiger partial charge in [-0.3, -0.25) is 9.59 Å². The van der Waals surface area contributed by atoms with Gasteiger partial charge in [-0.1, -0.05) is 0 Å². The number of carbonyl (C=O) groups is 2. The van der Waals surface area contributed by atoms with Crippen LogP contribution in [0.2, 0.25) is 0 Å². The summed E-state index contributed by atoms with van der Waals surface area (Å²) in [5.74, 6) is -1.89. The molecule has 0 aliphatic heterocycles.